The Hall–Kier alpha value is -2.28. The standard InChI is InChI=1S/C10H6N4O2S/c15-10(16)7-6(12-4-13-7)9-14-5-2-1-3-11-8(5)17-9/h1-4H,(H,12,13)(H,15,16). The van der Waals surface area contributed by atoms with Crippen LogP contribution in [0.2, 0.25) is 0 Å². The molecular weight excluding hydrogens is 240 g/mol. The molecule has 6 nitrogen and oxygen atoms in total. The van der Waals surface area contributed by atoms with Gasteiger partial charge in [-0.15, -0.1) is 0 Å². The van der Waals surface area contributed by atoms with Gasteiger partial charge in [0.1, 0.15) is 21.0 Å². The fraction of sp³-hybridized carbons (Fsp3) is 0. The molecule has 0 spiro atoms. The van der Waals surface area contributed by atoms with Crippen LogP contribution in [0.15, 0.2) is 24.7 Å². The zero-order chi connectivity index (χ0) is 11.8. The van der Waals surface area contributed by atoms with Crippen molar-refractivity contribution in [2.24, 2.45) is 0 Å². The second-order valence-corrected chi connectivity index (χ2v) is 4.26. The number of hydrogen-bond donors (Lipinski definition) is 2. The third-order valence-corrected chi connectivity index (χ3v) is 3.22. The number of carboxylic acids is 1. The molecule has 0 radical (unpaired) electrons. The monoisotopic (exact) mass is 246 g/mol. The number of carboxylic acid groups (broad SMARTS) is 1. The number of aromatic nitrogens is 4. The van der Waals surface area contributed by atoms with Gasteiger partial charge in [-0.05, 0) is 12.1 Å². The third-order valence-electron chi connectivity index (χ3n) is 2.22. The first kappa shape index (κ1) is 9.91. The Balaban J connectivity index is 2.20. The topological polar surface area (TPSA) is 91.8 Å². The number of aromatic carboxylic acids is 1. The Kier molecular flexibility index (Phi) is 2.12. The summed E-state index contributed by atoms with van der Waals surface area (Å²) in [5, 5.41) is 9.55. The maximum atomic E-state index is 11.0. The molecule has 0 fully saturated rings. The molecule has 0 aliphatic heterocycles. The van der Waals surface area contributed by atoms with Crippen molar-refractivity contribution in [3.63, 3.8) is 0 Å². The number of imidazole rings is 1. The molecule has 3 rings (SSSR count). The largest absolute Gasteiger partial charge is 0.476 e. The average molecular weight is 246 g/mol. The van der Waals surface area contributed by atoms with Gasteiger partial charge in [0.25, 0.3) is 0 Å². The molecule has 0 amide bonds. The highest BCUT2D eigenvalue weighted by atomic mass is 32.1. The lowest BCUT2D eigenvalue weighted by Crippen LogP contribution is -1.98. The molecule has 0 aliphatic carbocycles. The molecule has 3 aromatic rings. The second kappa shape index (κ2) is 3.63. The van der Waals surface area contributed by atoms with E-state index in [-0.39, 0.29) is 5.69 Å². The molecule has 2 N–H and O–H groups in total. The van der Waals surface area contributed by atoms with Crippen molar-refractivity contribution >= 4 is 27.7 Å². The van der Waals surface area contributed by atoms with Gasteiger partial charge in [-0.25, -0.2) is 19.7 Å². The molecule has 0 saturated carbocycles. The highest BCUT2D eigenvalue weighted by molar-refractivity contribution is 7.21. The lowest BCUT2D eigenvalue weighted by molar-refractivity contribution is 0.0692. The van der Waals surface area contributed by atoms with E-state index >= 15 is 0 Å². The zero-order valence-corrected chi connectivity index (χ0v) is 9.23. The van der Waals surface area contributed by atoms with Gasteiger partial charge in [0.05, 0.1) is 6.33 Å². The van der Waals surface area contributed by atoms with Crippen LogP contribution in [-0.2, 0) is 0 Å². The van der Waals surface area contributed by atoms with Crippen LogP contribution in [0.3, 0.4) is 0 Å². The van der Waals surface area contributed by atoms with Gasteiger partial charge in [-0.3, -0.25) is 0 Å². The number of pyridine rings is 1. The predicted molar refractivity (Wildman–Crippen MR) is 62.0 cm³/mol. The summed E-state index contributed by atoms with van der Waals surface area (Å²) in [7, 11) is 0. The maximum Gasteiger partial charge on any atom is 0.356 e. The van der Waals surface area contributed by atoms with Gasteiger partial charge in [0.15, 0.2) is 5.69 Å². The van der Waals surface area contributed by atoms with Crippen LogP contribution >= 0.6 is 11.3 Å². The molecule has 0 saturated heterocycles. The van der Waals surface area contributed by atoms with E-state index in [2.05, 4.69) is 19.9 Å². The number of H-pyrrole nitrogens is 1. The summed E-state index contributed by atoms with van der Waals surface area (Å²) >= 11 is 1.33. The molecule has 0 aromatic carbocycles. The fourth-order valence-corrected chi connectivity index (χ4v) is 2.41. The molecule has 0 bridgehead atoms. The molecule has 0 unspecified atom stereocenters. The van der Waals surface area contributed by atoms with Crippen LogP contribution in [0, 0.1) is 0 Å². The quantitative estimate of drug-likeness (QED) is 0.719. The first-order valence-corrected chi connectivity index (χ1v) is 5.56. The average Bonchev–Trinajstić information content (AvgIpc) is 2.95. The summed E-state index contributed by atoms with van der Waals surface area (Å²) in [6.45, 7) is 0. The van der Waals surface area contributed by atoms with Crippen molar-refractivity contribution < 1.29 is 9.90 Å². The summed E-state index contributed by atoms with van der Waals surface area (Å²) < 4.78 is 0. The van der Waals surface area contributed by atoms with Gasteiger partial charge in [0.2, 0.25) is 0 Å². The molecule has 7 heteroatoms. The van der Waals surface area contributed by atoms with Crippen LogP contribution in [0.4, 0.5) is 0 Å². The second-order valence-electron chi connectivity index (χ2n) is 3.28. The SMILES string of the molecule is O=C(O)c1nc[nH]c1-c1nc2cccnc2s1. The summed E-state index contributed by atoms with van der Waals surface area (Å²) in [5.74, 6) is -1.08. The van der Waals surface area contributed by atoms with Crippen molar-refractivity contribution in [3.8, 4) is 10.7 Å². The minimum Gasteiger partial charge on any atom is -0.476 e. The van der Waals surface area contributed by atoms with E-state index in [1.807, 2.05) is 6.07 Å². The summed E-state index contributed by atoms with van der Waals surface area (Å²) in [6, 6.07) is 3.62. The number of aromatic amines is 1. The number of hydrogen-bond acceptors (Lipinski definition) is 5. The highest BCUT2D eigenvalue weighted by Crippen LogP contribution is 2.28. The number of thiazole rings is 1. The van der Waals surface area contributed by atoms with Gasteiger partial charge in [-0.1, -0.05) is 11.3 Å². The van der Waals surface area contributed by atoms with Crippen molar-refractivity contribution in [3.05, 3.63) is 30.4 Å². The smallest absolute Gasteiger partial charge is 0.356 e. The Morgan fingerprint density at radius 1 is 1.41 bits per heavy atom. The van der Waals surface area contributed by atoms with E-state index in [4.69, 9.17) is 5.11 Å². The first-order valence-electron chi connectivity index (χ1n) is 4.74. The maximum absolute atomic E-state index is 11.0. The number of nitrogens with zero attached hydrogens (tertiary/aromatic N) is 3. The number of fused-ring (bicyclic) bond motifs is 1. The van der Waals surface area contributed by atoms with E-state index in [0.29, 0.717) is 10.7 Å². The third kappa shape index (κ3) is 1.56. The molecule has 0 atom stereocenters. The Morgan fingerprint density at radius 2 is 2.29 bits per heavy atom. The van der Waals surface area contributed by atoms with Gasteiger partial charge < -0.3 is 10.1 Å². The van der Waals surface area contributed by atoms with Crippen molar-refractivity contribution in [1.29, 1.82) is 0 Å². The van der Waals surface area contributed by atoms with E-state index in [1.54, 1.807) is 12.3 Å². The fourth-order valence-electron chi connectivity index (χ4n) is 1.50. The predicted octanol–water partition coefficient (Wildman–Crippen LogP) is 1.78. The Labute approximate surface area is 99.0 Å². The lowest BCUT2D eigenvalue weighted by Gasteiger charge is -1.91. The summed E-state index contributed by atoms with van der Waals surface area (Å²) in [4.78, 5) is 26.7. The van der Waals surface area contributed by atoms with Crippen molar-refractivity contribution in [2.75, 3.05) is 0 Å². The zero-order valence-electron chi connectivity index (χ0n) is 8.41. The summed E-state index contributed by atoms with van der Waals surface area (Å²) in [6.07, 6.45) is 3.02. The summed E-state index contributed by atoms with van der Waals surface area (Å²) in [5.41, 5.74) is 1.14. The molecular formula is C10H6N4O2S. The van der Waals surface area contributed by atoms with E-state index < -0.39 is 5.97 Å². The normalized spacial score (nSPS) is 10.8. The van der Waals surface area contributed by atoms with Crippen LogP contribution in [0.25, 0.3) is 21.0 Å². The lowest BCUT2D eigenvalue weighted by atomic mass is 10.3. The Bertz CT molecular complexity index is 670. The number of carbonyl (C=O) groups is 1. The number of rotatable bonds is 2. The van der Waals surface area contributed by atoms with Gasteiger partial charge in [-0.2, -0.15) is 0 Å². The minimum absolute atomic E-state index is 0.0240. The van der Waals surface area contributed by atoms with E-state index in [9.17, 15) is 4.79 Å². The van der Waals surface area contributed by atoms with E-state index in [0.717, 1.165) is 10.3 Å². The molecule has 3 heterocycles. The van der Waals surface area contributed by atoms with Gasteiger partial charge in [0, 0.05) is 6.20 Å². The number of nitrogens with one attached hydrogen (secondary N) is 1. The van der Waals surface area contributed by atoms with Crippen LogP contribution in [-0.4, -0.2) is 31.0 Å². The van der Waals surface area contributed by atoms with Crippen LogP contribution in [0.1, 0.15) is 10.5 Å². The molecule has 3 aromatic heterocycles. The minimum atomic E-state index is -1.08. The van der Waals surface area contributed by atoms with E-state index in [1.165, 1.54) is 17.7 Å². The molecule has 84 valence electrons. The van der Waals surface area contributed by atoms with Crippen LogP contribution in [0.5, 0.6) is 0 Å². The van der Waals surface area contributed by atoms with Crippen molar-refractivity contribution in [2.45, 2.75) is 0 Å². The van der Waals surface area contributed by atoms with Crippen molar-refractivity contribution in [1.82, 2.24) is 19.9 Å². The van der Waals surface area contributed by atoms with Gasteiger partial charge >= 0.3 is 5.97 Å². The molecule has 17 heavy (non-hydrogen) atoms. The highest BCUT2D eigenvalue weighted by Gasteiger charge is 2.18. The van der Waals surface area contributed by atoms with Crippen LogP contribution < -0.4 is 0 Å². The molecule has 0 aliphatic rings. The first-order chi connectivity index (χ1) is 8.25. The Morgan fingerprint density at radius 3 is 3.06 bits per heavy atom.